The van der Waals surface area contributed by atoms with Crippen LogP contribution >= 0.6 is 11.8 Å². The SMILES string of the molecule is COC(=O)[C@@H](NC(=O)OC(C)(C)C)[C@H](C)SC(C)=O. The lowest BCUT2D eigenvalue weighted by atomic mass is 10.2. The van der Waals surface area contributed by atoms with Crippen molar-refractivity contribution in [1.82, 2.24) is 5.32 Å². The van der Waals surface area contributed by atoms with Gasteiger partial charge in [-0.1, -0.05) is 18.7 Å². The van der Waals surface area contributed by atoms with Crippen LogP contribution in [0.5, 0.6) is 0 Å². The predicted molar refractivity (Wildman–Crippen MR) is 72.9 cm³/mol. The Morgan fingerprint density at radius 3 is 2.11 bits per heavy atom. The molecule has 7 heteroatoms. The molecule has 0 aromatic rings. The van der Waals surface area contributed by atoms with Crippen molar-refractivity contribution in [3.63, 3.8) is 0 Å². The van der Waals surface area contributed by atoms with Crippen LogP contribution in [-0.2, 0) is 19.1 Å². The molecule has 19 heavy (non-hydrogen) atoms. The third-order valence-electron chi connectivity index (χ3n) is 1.95. The zero-order valence-electron chi connectivity index (χ0n) is 12.1. The fourth-order valence-electron chi connectivity index (χ4n) is 1.26. The number of carbonyl (C=O) groups is 3. The summed E-state index contributed by atoms with van der Waals surface area (Å²) in [5.74, 6) is -0.618. The van der Waals surface area contributed by atoms with E-state index in [1.165, 1.54) is 14.0 Å². The van der Waals surface area contributed by atoms with Crippen LogP contribution in [0.2, 0.25) is 0 Å². The minimum Gasteiger partial charge on any atom is -0.467 e. The van der Waals surface area contributed by atoms with Crippen molar-refractivity contribution in [3.05, 3.63) is 0 Å². The number of methoxy groups -OCH3 is 1. The number of thioether (sulfide) groups is 1. The normalized spacial score (nSPS) is 14.2. The van der Waals surface area contributed by atoms with Gasteiger partial charge >= 0.3 is 12.1 Å². The van der Waals surface area contributed by atoms with Gasteiger partial charge in [-0.2, -0.15) is 0 Å². The number of alkyl carbamates (subject to hydrolysis) is 1. The number of amides is 1. The second-order valence-corrected chi connectivity index (χ2v) is 6.52. The highest BCUT2D eigenvalue weighted by atomic mass is 32.2. The molecular formula is C12H21NO5S. The minimum atomic E-state index is -0.936. The van der Waals surface area contributed by atoms with E-state index in [1.807, 2.05) is 0 Å². The van der Waals surface area contributed by atoms with Crippen LogP contribution in [0.1, 0.15) is 34.6 Å². The first-order valence-electron chi connectivity index (χ1n) is 5.81. The summed E-state index contributed by atoms with van der Waals surface area (Å²) in [6.45, 7) is 8.20. The molecule has 0 saturated carbocycles. The lowest BCUT2D eigenvalue weighted by Crippen LogP contribution is -2.49. The summed E-state index contributed by atoms with van der Waals surface area (Å²) < 4.78 is 9.68. The molecule has 0 aliphatic carbocycles. The first kappa shape index (κ1) is 17.8. The van der Waals surface area contributed by atoms with Gasteiger partial charge in [-0.15, -0.1) is 0 Å². The lowest BCUT2D eigenvalue weighted by molar-refractivity contribution is -0.143. The molecule has 0 unspecified atom stereocenters. The van der Waals surface area contributed by atoms with Gasteiger partial charge in [-0.05, 0) is 20.8 Å². The molecule has 0 aliphatic rings. The van der Waals surface area contributed by atoms with Gasteiger partial charge in [0.25, 0.3) is 0 Å². The lowest BCUT2D eigenvalue weighted by Gasteiger charge is -2.25. The zero-order chi connectivity index (χ0) is 15.2. The number of ether oxygens (including phenoxy) is 2. The summed E-state index contributed by atoms with van der Waals surface area (Å²) in [6, 6.07) is -0.936. The summed E-state index contributed by atoms with van der Waals surface area (Å²) in [7, 11) is 1.22. The van der Waals surface area contributed by atoms with Gasteiger partial charge in [-0.3, -0.25) is 4.79 Å². The number of carbonyl (C=O) groups excluding carboxylic acids is 3. The number of hydrogen-bond donors (Lipinski definition) is 1. The van der Waals surface area contributed by atoms with Gasteiger partial charge in [-0.25, -0.2) is 9.59 Å². The molecule has 0 fully saturated rings. The average Bonchev–Trinajstić information content (AvgIpc) is 2.21. The zero-order valence-corrected chi connectivity index (χ0v) is 12.9. The third-order valence-corrected chi connectivity index (χ3v) is 2.92. The molecular weight excluding hydrogens is 270 g/mol. The molecule has 0 aliphatic heterocycles. The van der Waals surface area contributed by atoms with Gasteiger partial charge in [0.15, 0.2) is 5.12 Å². The van der Waals surface area contributed by atoms with Crippen LogP contribution in [0, 0.1) is 0 Å². The second-order valence-electron chi connectivity index (χ2n) is 4.96. The van der Waals surface area contributed by atoms with Gasteiger partial charge in [0.05, 0.1) is 7.11 Å². The maximum atomic E-state index is 11.6. The Morgan fingerprint density at radius 2 is 1.74 bits per heavy atom. The molecule has 110 valence electrons. The Bertz CT molecular complexity index is 351. The van der Waals surface area contributed by atoms with E-state index in [0.29, 0.717) is 0 Å². The Hall–Kier alpha value is -1.24. The van der Waals surface area contributed by atoms with Crippen LogP contribution in [0.15, 0.2) is 0 Å². The van der Waals surface area contributed by atoms with Crippen LogP contribution in [0.25, 0.3) is 0 Å². The van der Waals surface area contributed by atoms with Gasteiger partial charge < -0.3 is 14.8 Å². The van der Waals surface area contributed by atoms with Crippen molar-refractivity contribution in [2.75, 3.05) is 7.11 Å². The Labute approximate surface area is 117 Å². The smallest absolute Gasteiger partial charge is 0.408 e. The van der Waals surface area contributed by atoms with Crippen LogP contribution in [0.4, 0.5) is 4.79 Å². The highest BCUT2D eigenvalue weighted by Crippen LogP contribution is 2.17. The molecule has 6 nitrogen and oxygen atoms in total. The number of rotatable bonds is 4. The summed E-state index contributed by atoms with van der Waals surface area (Å²) in [5, 5.41) is 1.83. The summed E-state index contributed by atoms with van der Waals surface area (Å²) in [6.07, 6.45) is -0.723. The van der Waals surface area contributed by atoms with E-state index in [9.17, 15) is 14.4 Å². The van der Waals surface area contributed by atoms with Gasteiger partial charge in [0.2, 0.25) is 0 Å². The summed E-state index contributed by atoms with van der Waals surface area (Å²) >= 11 is 0.956. The maximum absolute atomic E-state index is 11.6. The highest BCUT2D eigenvalue weighted by Gasteiger charge is 2.30. The van der Waals surface area contributed by atoms with Gasteiger partial charge in [0, 0.05) is 12.2 Å². The van der Waals surface area contributed by atoms with E-state index in [2.05, 4.69) is 10.1 Å². The van der Waals surface area contributed by atoms with Crippen molar-refractivity contribution in [2.24, 2.45) is 0 Å². The van der Waals surface area contributed by atoms with E-state index in [0.717, 1.165) is 11.8 Å². The highest BCUT2D eigenvalue weighted by molar-refractivity contribution is 8.14. The van der Waals surface area contributed by atoms with Crippen molar-refractivity contribution in [2.45, 2.75) is 51.5 Å². The van der Waals surface area contributed by atoms with Gasteiger partial charge in [0.1, 0.15) is 11.6 Å². The molecule has 1 N–H and O–H groups in total. The minimum absolute atomic E-state index is 0.146. The molecule has 0 saturated heterocycles. The number of hydrogen-bond acceptors (Lipinski definition) is 6. The Balaban J connectivity index is 4.73. The molecule has 0 spiro atoms. The predicted octanol–water partition coefficient (Wildman–Crippen LogP) is 1.72. The van der Waals surface area contributed by atoms with E-state index >= 15 is 0 Å². The van der Waals surface area contributed by atoms with E-state index < -0.39 is 29.0 Å². The van der Waals surface area contributed by atoms with E-state index in [4.69, 9.17) is 4.74 Å². The number of nitrogens with one attached hydrogen (secondary N) is 1. The van der Waals surface area contributed by atoms with Crippen molar-refractivity contribution in [1.29, 1.82) is 0 Å². The van der Waals surface area contributed by atoms with Crippen LogP contribution < -0.4 is 5.32 Å². The largest absolute Gasteiger partial charge is 0.467 e. The standard InChI is InChI=1S/C12H21NO5S/c1-7(19-8(2)14)9(10(15)17-6)13-11(16)18-12(3,4)5/h7,9H,1-6H3,(H,13,16)/t7-,9-/m0/s1. The topological polar surface area (TPSA) is 81.7 Å². The maximum Gasteiger partial charge on any atom is 0.408 e. The monoisotopic (exact) mass is 291 g/mol. The summed E-state index contributed by atoms with van der Waals surface area (Å²) in [5.41, 5.74) is -0.665. The third kappa shape index (κ3) is 7.71. The summed E-state index contributed by atoms with van der Waals surface area (Å²) in [4.78, 5) is 34.3. The quantitative estimate of drug-likeness (QED) is 0.794. The molecule has 0 radical (unpaired) electrons. The van der Waals surface area contributed by atoms with Crippen molar-refractivity contribution in [3.8, 4) is 0 Å². The van der Waals surface area contributed by atoms with E-state index in [1.54, 1.807) is 27.7 Å². The second kappa shape index (κ2) is 7.37. The Morgan fingerprint density at radius 1 is 1.21 bits per heavy atom. The first-order chi connectivity index (χ1) is 8.56. The average molecular weight is 291 g/mol. The van der Waals surface area contributed by atoms with Crippen molar-refractivity contribution < 1.29 is 23.9 Å². The molecule has 0 aromatic carbocycles. The van der Waals surface area contributed by atoms with Crippen LogP contribution in [0.3, 0.4) is 0 Å². The molecule has 0 bridgehead atoms. The fourth-order valence-corrected chi connectivity index (χ4v) is 2.10. The Kier molecular flexibility index (Phi) is 6.89. The fraction of sp³-hybridized carbons (Fsp3) is 0.750. The molecule has 0 aromatic heterocycles. The number of esters is 1. The first-order valence-corrected chi connectivity index (χ1v) is 6.69. The van der Waals surface area contributed by atoms with Crippen LogP contribution in [-0.4, -0.2) is 41.2 Å². The van der Waals surface area contributed by atoms with Crippen molar-refractivity contribution >= 4 is 28.9 Å². The molecule has 0 heterocycles. The van der Waals surface area contributed by atoms with E-state index in [-0.39, 0.29) is 5.12 Å². The molecule has 1 amide bonds. The molecule has 2 atom stereocenters. The molecule has 0 rings (SSSR count).